The second kappa shape index (κ2) is 10.8. The molecule has 0 aliphatic heterocycles. The number of anilines is 1. The molecule has 3 aromatic rings. The van der Waals surface area contributed by atoms with Crippen LogP contribution in [0, 0.1) is 0 Å². The zero-order valence-electron chi connectivity index (χ0n) is 17.6. The van der Waals surface area contributed by atoms with Gasteiger partial charge in [-0.3, -0.25) is 15.6 Å². The third-order valence-corrected chi connectivity index (χ3v) is 5.90. The largest absolute Gasteiger partial charge is 0.417 e. The lowest BCUT2D eigenvalue weighted by atomic mass is 9.95. The van der Waals surface area contributed by atoms with Crippen LogP contribution in [0.15, 0.2) is 65.4 Å². The summed E-state index contributed by atoms with van der Waals surface area (Å²) in [5.41, 5.74) is 0.483. The first kappa shape index (κ1) is 27.4. The van der Waals surface area contributed by atoms with Gasteiger partial charge in [0, 0.05) is 22.4 Å². The third kappa shape index (κ3) is 6.72. The van der Waals surface area contributed by atoms with Crippen LogP contribution in [0.5, 0.6) is 0 Å². The molecule has 1 aromatic heterocycles. The Morgan fingerprint density at radius 3 is 2.28 bits per heavy atom. The molecular formula is C22H13BrClF7N4O. The minimum atomic E-state index is -5.13. The smallest absolute Gasteiger partial charge is 0.267 e. The molecule has 2 N–H and O–H groups in total. The molecular weight excluding hydrogens is 585 g/mol. The van der Waals surface area contributed by atoms with E-state index >= 15 is 0 Å². The molecule has 190 valence electrons. The van der Waals surface area contributed by atoms with E-state index < -0.39 is 52.3 Å². The summed E-state index contributed by atoms with van der Waals surface area (Å²) in [6.45, 7) is 0. The van der Waals surface area contributed by atoms with Crippen molar-refractivity contribution in [1.82, 2.24) is 15.4 Å². The van der Waals surface area contributed by atoms with Gasteiger partial charge in [0.05, 0.1) is 16.1 Å². The van der Waals surface area contributed by atoms with Crippen LogP contribution >= 0.6 is 27.5 Å². The first-order chi connectivity index (χ1) is 16.8. The van der Waals surface area contributed by atoms with E-state index in [9.17, 15) is 35.5 Å². The molecule has 1 unspecified atom stereocenters. The van der Waals surface area contributed by atoms with Crippen LogP contribution in [0.25, 0.3) is 5.83 Å². The number of nitrogens with one attached hydrogen (secondary N) is 2. The Bertz CT molecular complexity index is 1280. The number of hydrazine groups is 1. The summed E-state index contributed by atoms with van der Waals surface area (Å²) in [6, 6.07) is 6.36. The van der Waals surface area contributed by atoms with Crippen molar-refractivity contribution in [3.8, 4) is 0 Å². The van der Waals surface area contributed by atoms with Gasteiger partial charge in [-0.2, -0.15) is 26.3 Å². The van der Waals surface area contributed by atoms with E-state index in [0.29, 0.717) is 10.5 Å². The Hall–Kier alpha value is -3.19. The molecule has 0 aliphatic rings. The maximum absolute atomic E-state index is 14.9. The van der Waals surface area contributed by atoms with Crippen LogP contribution in [0.4, 0.5) is 36.7 Å². The van der Waals surface area contributed by atoms with Crippen LogP contribution in [-0.4, -0.2) is 22.1 Å². The van der Waals surface area contributed by atoms with Gasteiger partial charge in [0.15, 0.2) is 0 Å². The van der Waals surface area contributed by atoms with E-state index in [0.717, 1.165) is 18.2 Å². The number of hydrogen-bond donors (Lipinski definition) is 2. The van der Waals surface area contributed by atoms with Gasteiger partial charge < -0.3 is 0 Å². The number of hydrogen-bond acceptors (Lipinski definition) is 4. The first-order valence-corrected chi connectivity index (χ1v) is 10.9. The van der Waals surface area contributed by atoms with Gasteiger partial charge in [0.2, 0.25) is 5.95 Å². The number of carbonyl (C=O) groups is 1. The van der Waals surface area contributed by atoms with E-state index in [4.69, 9.17) is 11.6 Å². The Morgan fingerprint density at radius 1 is 1.03 bits per heavy atom. The summed E-state index contributed by atoms with van der Waals surface area (Å²) in [7, 11) is 0. The number of allylic oxidation sites excluding steroid dienone is 1. The normalized spacial score (nSPS) is 13.3. The van der Waals surface area contributed by atoms with Crippen molar-refractivity contribution in [3.63, 3.8) is 0 Å². The number of amides is 1. The molecule has 0 radical (unpaired) electrons. The fourth-order valence-corrected chi connectivity index (χ4v) is 3.43. The van der Waals surface area contributed by atoms with Crippen molar-refractivity contribution >= 4 is 45.2 Å². The number of carbonyl (C=O) groups excluding carboxylic acids is 1. The van der Waals surface area contributed by atoms with Crippen molar-refractivity contribution in [1.29, 1.82) is 0 Å². The minimum Gasteiger partial charge on any atom is -0.267 e. The quantitative estimate of drug-likeness (QED) is 0.231. The van der Waals surface area contributed by atoms with Crippen molar-refractivity contribution < 1.29 is 35.5 Å². The average Bonchev–Trinajstić information content (AvgIpc) is 2.81. The summed E-state index contributed by atoms with van der Waals surface area (Å²) < 4.78 is 97.1. The predicted molar refractivity (Wildman–Crippen MR) is 122 cm³/mol. The maximum atomic E-state index is 14.9. The molecule has 1 amide bonds. The summed E-state index contributed by atoms with van der Waals surface area (Å²) in [4.78, 5) is 19.8. The minimum absolute atomic E-state index is 0.0696. The average molecular weight is 598 g/mol. The highest BCUT2D eigenvalue weighted by molar-refractivity contribution is 9.10. The molecule has 5 nitrogen and oxygen atoms in total. The number of aromatic nitrogens is 2. The zero-order chi connectivity index (χ0) is 26.7. The fraction of sp³-hybridized carbons (Fsp3) is 0.136. The topological polar surface area (TPSA) is 66.9 Å². The standard InChI is InChI=1S/C22H13BrClF7N4O/c23-16-5-3-11(9-17(16)24)14(21(26,27)28)10-18(25)12-2-4-13(15(8-12)22(29,30)31)19(36)34-35-20-32-6-1-7-33-20/h1-10,14H,(H,34,36)(H,32,33,35)/b18-10-. The Labute approximate surface area is 212 Å². The first-order valence-electron chi connectivity index (χ1n) is 9.71. The second-order valence-electron chi connectivity index (χ2n) is 7.12. The van der Waals surface area contributed by atoms with Crippen molar-refractivity contribution in [3.05, 3.63) is 92.7 Å². The van der Waals surface area contributed by atoms with Gasteiger partial charge in [-0.1, -0.05) is 23.7 Å². The summed E-state index contributed by atoms with van der Waals surface area (Å²) in [5, 5.41) is -0.0696. The maximum Gasteiger partial charge on any atom is 0.417 e. The van der Waals surface area contributed by atoms with Gasteiger partial charge >= 0.3 is 12.4 Å². The van der Waals surface area contributed by atoms with E-state index in [1.54, 1.807) is 0 Å². The summed E-state index contributed by atoms with van der Waals surface area (Å²) in [5.74, 6) is -5.46. The fourth-order valence-electron chi connectivity index (χ4n) is 3.00. The molecule has 1 atom stereocenters. The lowest BCUT2D eigenvalue weighted by Gasteiger charge is -2.19. The highest BCUT2D eigenvalue weighted by Crippen LogP contribution is 2.41. The lowest BCUT2D eigenvalue weighted by molar-refractivity contribution is -0.140. The van der Waals surface area contributed by atoms with Crippen LogP contribution in [0.3, 0.4) is 0 Å². The number of nitrogens with zero attached hydrogens (tertiary/aromatic N) is 2. The molecule has 0 aliphatic carbocycles. The Kier molecular flexibility index (Phi) is 8.24. The van der Waals surface area contributed by atoms with Crippen molar-refractivity contribution in [2.45, 2.75) is 18.3 Å². The van der Waals surface area contributed by atoms with Crippen LogP contribution in [0.1, 0.15) is 33.0 Å². The highest BCUT2D eigenvalue weighted by atomic mass is 79.9. The molecule has 3 rings (SSSR count). The molecule has 2 aromatic carbocycles. The molecule has 36 heavy (non-hydrogen) atoms. The summed E-state index contributed by atoms with van der Waals surface area (Å²) >= 11 is 8.87. The lowest BCUT2D eigenvalue weighted by Crippen LogP contribution is -2.32. The van der Waals surface area contributed by atoms with Crippen LogP contribution < -0.4 is 10.9 Å². The van der Waals surface area contributed by atoms with Gasteiger partial charge in [0.25, 0.3) is 5.91 Å². The van der Waals surface area contributed by atoms with Gasteiger partial charge in [-0.25, -0.2) is 14.4 Å². The van der Waals surface area contributed by atoms with E-state index in [2.05, 4.69) is 31.3 Å². The predicted octanol–water partition coefficient (Wildman–Crippen LogP) is 7.32. The Morgan fingerprint density at radius 2 is 1.69 bits per heavy atom. The number of benzene rings is 2. The van der Waals surface area contributed by atoms with Crippen molar-refractivity contribution in [2.24, 2.45) is 0 Å². The second-order valence-corrected chi connectivity index (χ2v) is 8.38. The van der Waals surface area contributed by atoms with Gasteiger partial charge in [-0.15, -0.1) is 0 Å². The van der Waals surface area contributed by atoms with Gasteiger partial charge in [0.1, 0.15) is 11.7 Å². The van der Waals surface area contributed by atoms with Crippen molar-refractivity contribution in [2.75, 3.05) is 5.43 Å². The van der Waals surface area contributed by atoms with Crippen LogP contribution in [0.2, 0.25) is 5.02 Å². The molecule has 1 heterocycles. The Balaban J connectivity index is 1.96. The molecule has 0 spiro atoms. The SMILES string of the molecule is O=C(NNc1ncccn1)c1ccc(/C(F)=C/C(c2ccc(Br)c(Cl)c2)C(F)(F)F)cc1C(F)(F)F. The van der Waals surface area contributed by atoms with E-state index in [1.165, 1.54) is 24.5 Å². The number of alkyl halides is 6. The molecule has 0 bridgehead atoms. The molecule has 0 fully saturated rings. The molecule has 0 saturated heterocycles. The van der Waals surface area contributed by atoms with Crippen LogP contribution in [-0.2, 0) is 6.18 Å². The number of halogens is 9. The zero-order valence-corrected chi connectivity index (χ0v) is 19.9. The highest BCUT2D eigenvalue weighted by Gasteiger charge is 2.40. The third-order valence-electron chi connectivity index (χ3n) is 4.67. The van der Waals surface area contributed by atoms with Gasteiger partial charge in [-0.05, 0) is 57.9 Å². The summed E-state index contributed by atoms with van der Waals surface area (Å²) in [6.07, 6.45) is -7.35. The number of rotatable bonds is 6. The molecule has 0 saturated carbocycles. The van der Waals surface area contributed by atoms with E-state index in [1.807, 2.05) is 5.43 Å². The van der Waals surface area contributed by atoms with E-state index in [-0.39, 0.29) is 23.1 Å². The molecule has 14 heteroatoms. The monoisotopic (exact) mass is 596 g/mol.